The summed E-state index contributed by atoms with van der Waals surface area (Å²) in [6.07, 6.45) is -9.36. The number of carboxylic acid groups (broad SMARTS) is 1. The van der Waals surface area contributed by atoms with Crippen LogP contribution in [0.15, 0.2) is 53.0 Å². The molecule has 0 saturated heterocycles. The zero-order valence-corrected chi connectivity index (χ0v) is 21.9. The van der Waals surface area contributed by atoms with E-state index in [2.05, 4.69) is 15.2 Å². The van der Waals surface area contributed by atoms with Crippen LogP contribution in [0.3, 0.4) is 0 Å². The number of allylic oxidation sites excluding steroid dienone is 2. The fourth-order valence-electron chi connectivity index (χ4n) is 4.49. The van der Waals surface area contributed by atoms with Gasteiger partial charge in [0, 0.05) is 0 Å². The molecule has 1 aliphatic heterocycles. The summed E-state index contributed by atoms with van der Waals surface area (Å²) < 4.78 is 97.5. The van der Waals surface area contributed by atoms with Crippen molar-refractivity contribution in [3.63, 3.8) is 0 Å². The van der Waals surface area contributed by atoms with Gasteiger partial charge in [-0.1, -0.05) is 56.3 Å². The van der Waals surface area contributed by atoms with Crippen LogP contribution in [-0.2, 0) is 29.5 Å². The van der Waals surface area contributed by atoms with Crippen molar-refractivity contribution < 1.29 is 45.4 Å². The van der Waals surface area contributed by atoms with Gasteiger partial charge in [0.2, 0.25) is 5.60 Å². The maximum Gasteiger partial charge on any atom is 0.426 e. The Morgan fingerprint density at radius 1 is 1.10 bits per heavy atom. The van der Waals surface area contributed by atoms with Gasteiger partial charge in [0.05, 0.1) is 23.6 Å². The summed E-state index contributed by atoms with van der Waals surface area (Å²) in [6.45, 7) is 2.90. The fraction of sp³-hybridized carbons (Fsp3) is 0.407. The number of hydrogen-bond acceptors (Lipinski definition) is 6. The average Bonchev–Trinajstić information content (AvgIpc) is 3.35. The van der Waals surface area contributed by atoms with Crippen LogP contribution in [0.1, 0.15) is 55.8 Å². The summed E-state index contributed by atoms with van der Waals surface area (Å²) in [5.74, 6) is -1.70. The van der Waals surface area contributed by atoms with E-state index < -0.39 is 76.9 Å². The maximum atomic E-state index is 14.8. The second-order valence-corrected chi connectivity index (χ2v) is 10.4. The predicted octanol–water partition coefficient (Wildman–Crippen LogP) is 7.52. The molecule has 0 unspecified atom stereocenters. The smallest absolute Gasteiger partial charge is 0.426 e. The number of ether oxygens (including phenoxy) is 1. The first-order valence-electron chi connectivity index (χ1n) is 12.5. The average molecular weight is 585 g/mol. The molecule has 1 atom stereocenters. The van der Waals surface area contributed by atoms with Gasteiger partial charge in [-0.15, -0.1) is 10.2 Å². The molecule has 1 aliphatic rings. The standard InChI is InChI=1S/C27H26F6N4O4/c1-24(2)11-7-4-8-12-25(27(31,32)33,40-15-16-9-5-3-6-10-16)22-37-36-21(41-22)20-18(35-23(38)39)13-17(26(28,29)30)19(14-24)34-20/h3-7,9-10,13,35H,8,11-12,14-15H2,1-2H3,(H,38,39)/t25-/m1/s1. The first kappa shape index (κ1) is 30.0. The number of pyridine rings is 1. The van der Waals surface area contributed by atoms with Crippen LogP contribution in [0.2, 0.25) is 0 Å². The number of nitrogens with one attached hydrogen (secondary N) is 1. The molecule has 8 nitrogen and oxygen atoms in total. The van der Waals surface area contributed by atoms with Gasteiger partial charge in [0.1, 0.15) is 0 Å². The van der Waals surface area contributed by atoms with Gasteiger partial charge < -0.3 is 14.3 Å². The van der Waals surface area contributed by atoms with Gasteiger partial charge in [0.25, 0.3) is 11.8 Å². The lowest BCUT2D eigenvalue weighted by molar-refractivity contribution is -0.299. The Bertz CT molecular complexity index is 1420. The molecule has 0 aliphatic carbocycles. The summed E-state index contributed by atoms with van der Waals surface area (Å²) in [5.41, 5.74) is -6.35. The fourth-order valence-corrected chi connectivity index (χ4v) is 4.49. The summed E-state index contributed by atoms with van der Waals surface area (Å²) in [7, 11) is 0. The zero-order valence-electron chi connectivity index (χ0n) is 21.9. The van der Waals surface area contributed by atoms with Gasteiger partial charge in [-0.3, -0.25) is 5.32 Å². The van der Waals surface area contributed by atoms with E-state index in [0.29, 0.717) is 11.6 Å². The van der Waals surface area contributed by atoms with Gasteiger partial charge in [-0.2, -0.15) is 26.3 Å². The Kier molecular flexibility index (Phi) is 8.16. The molecular weight excluding hydrogens is 558 g/mol. The van der Waals surface area contributed by atoms with Crippen LogP contribution < -0.4 is 5.32 Å². The number of aromatic nitrogens is 3. The minimum atomic E-state index is -5.06. The molecule has 1 aromatic carbocycles. The molecule has 3 heterocycles. The first-order chi connectivity index (χ1) is 19.1. The molecule has 0 saturated carbocycles. The highest BCUT2D eigenvalue weighted by atomic mass is 19.4. The number of nitrogens with zero attached hydrogens (tertiary/aromatic N) is 3. The van der Waals surface area contributed by atoms with Gasteiger partial charge >= 0.3 is 18.4 Å². The van der Waals surface area contributed by atoms with Crippen LogP contribution in [0.25, 0.3) is 11.6 Å². The van der Waals surface area contributed by atoms with Gasteiger partial charge in [-0.05, 0) is 42.7 Å². The molecule has 14 heteroatoms. The van der Waals surface area contributed by atoms with E-state index in [4.69, 9.17) is 9.15 Å². The lowest BCUT2D eigenvalue weighted by Gasteiger charge is -2.32. The molecule has 2 aromatic heterocycles. The third-order valence-electron chi connectivity index (χ3n) is 6.55. The number of benzene rings is 1. The number of rotatable bonds is 4. The predicted molar refractivity (Wildman–Crippen MR) is 134 cm³/mol. The largest absolute Gasteiger partial charge is 0.465 e. The monoisotopic (exact) mass is 584 g/mol. The van der Waals surface area contributed by atoms with Crippen molar-refractivity contribution in [1.29, 1.82) is 0 Å². The molecule has 0 radical (unpaired) electrons. The number of anilines is 1. The first-order valence-corrected chi connectivity index (χ1v) is 12.5. The minimum Gasteiger partial charge on any atom is -0.465 e. The molecule has 4 bridgehead atoms. The van der Waals surface area contributed by atoms with E-state index >= 15 is 0 Å². The Balaban J connectivity index is 1.93. The van der Waals surface area contributed by atoms with Crippen molar-refractivity contribution in [2.24, 2.45) is 5.41 Å². The van der Waals surface area contributed by atoms with E-state index in [0.717, 1.165) is 0 Å². The van der Waals surface area contributed by atoms with E-state index in [9.17, 15) is 36.2 Å². The maximum absolute atomic E-state index is 14.8. The van der Waals surface area contributed by atoms with Crippen molar-refractivity contribution in [3.8, 4) is 11.6 Å². The molecule has 220 valence electrons. The van der Waals surface area contributed by atoms with Crippen molar-refractivity contribution in [3.05, 3.63) is 71.3 Å². The summed E-state index contributed by atoms with van der Waals surface area (Å²) in [5, 5.41) is 18.3. The molecule has 0 spiro atoms. The van der Waals surface area contributed by atoms with Crippen molar-refractivity contribution >= 4 is 11.8 Å². The SMILES string of the molecule is CC1(C)CC=CCC[C@](OCc2ccccc2)(C(F)(F)F)c2nnc(o2)-c2nc(c(C(F)(F)F)cc2NC(=O)O)C1. The highest BCUT2D eigenvalue weighted by molar-refractivity contribution is 5.88. The second kappa shape index (κ2) is 11.1. The van der Waals surface area contributed by atoms with Crippen molar-refractivity contribution in [1.82, 2.24) is 15.2 Å². The highest BCUT2D eigenvalue weighted by Gasteiger charge is 2.61. The minimum absolute atomic E-state index is 0.134. The number of hydrogen-bond donors (Lipinski definition) is 2. The Morgan fingerprint density at radius 2 is 1.80 bits per heavy atom. The quantitative estimate of drug-likeness (QED) is 0.241. The lowest BCUT2D eigenvalue weighted by Crippen LogP contribution is -2.45. The molecule has 3 aromatic rings. The summed E-state index contributed by atoms with van der Waals surface area (Å²) in [4.78, 5) is 15.5. The highest BCUT2D eigenvalue weighted by Crippen LogP contribution is 2.47. The zero-order chi connectivity index (χ0) is 30.1. The molecule has 4 rings (SSSR count). The Morgan fingerprint density at radius 3 is 2.44 bits per heavy atom. The second-order valence-electron chi connectivity index (χ2n) is 10.4. The van der Waals surface area contributed by atoms with Crippen LogP contribution in [0, 0.1) is 5.41 Å². The molecule has 41 heavy (non-hydrogen) atoms. The number of alkyl halides is 6. The lowest BCUT2D eigenvalue weighted by atomic mass is 9.82. The number of halogens is 6. The Labute approximate surface area is 230 Å². The normalized spacial score (nSPS) is 19.4. The van der Waals surface area contributed by atoms with Crippen LogP contribution in [-0.4, -0.2) is 32.6 Å². The molecule has 2 N–H and O–H groups in total. The van der Waals surface area contributed by atoms with Crippen molar-refractivity contribution in [2.45, 2.75) is 64.1 Å². The third kappa shape index (κ3) is 6.69. The molecular formula is C27H26F6N4O4. The summed E-state index contributed by atoms with van der Waals surface area (Å²) in [6, 6.07) is 8.63. The number of carbonyl (C=O) groups is 1. The van der Waals surface area contributed by atoms with Crippen molar-refractivity contribution in [2.75, 3.05) is 5.32 Å². The molecule has 1 amide bonds. The van der Waals surface area contributed by atoms with Gasteiger partial charge in [0.15, 0.2) is 5.69 Å². The van der Waals surface area contributed by atoms with E-state index in [1.807, 2.05) is 5.32 Å². The Hall–Kier alpha value is -3.94. The topological polar surface area (TPSA) is 110 Å². The number of fused-ring (bicyclic) bond motifs is 5. The van der Waals surface area contributed by atoms with E-state index in [1.165, 1.54) is 6.08 Å². The molecule has 0 fully saturated rings. The summed E-state index contributed by atoms with van der Waals surface area (Å²) >= 11 is 0. The van der Waals surface area contributed by atoms with Gasteiger partial charge in [-0.25, -0.2) is 9.78 Å². The third-order valence-corrected chi connectivity index (χ3v) is 6.55. The van der Waals surface area contributed by atoms with Crippen LogP contribution in [0.4, 0.5) is 36.8 Å². The number of amides is 1. The van der Waals surface area contributed by atoms with Crippen LogP contribution >= 0.6 is 0 Å². The van der Waals surface area contributed by atoms with Crippen LogP contribution in [0.5, 0.6) is 0 Å². The van der Waals surface area contributed by atoms with E-state index in [1.54, 1.807) is 50.3 Å². The van der Waals surface area contributed by atoms with E-state index in [-0.39, 0.29) is 19.3 Å².